The average Bonchev–Trinajstić information content (AvgIpc) is 2.53. The second-order valence-corrected chi connectivity index (χ2v) is 5.69. The first-order valence-electron chi connectivity index (χ1n) is 6.98. The lowest BCUT2D eigenvalue weighted by Crippen LogP contribution is -2.29. The summed E-state index contributed by atoms with van der Waals surface area (Å²) in [4.78, 5) is 16.5. The normalized spacial score (nSPS) is 11.6. The molecule has 0 amide bonds. The predicted octanol–water partition coefficient (Wildman–Crippen LogP) is 2.95. The minimum absolute atomic E-state index is 0.299. The number of hydrogen-bond donors (Lipinski definition) is 1. The fourth-order valence-corrected chi connectivity index (χ4v) is 2.28. The third-order valence-corrected chi connectivity index (χ3v) is 3.54. The van der Waals surface area contributed by atoms with Gasteiger partial charge in [0.1, 0.15) is 17.2 Å². The third kappa shape index (κ3) is 2.86. The Bertz CT molecular complexity index is 803. The van der Waals surface area contributed by atoms with Gasteiger partial charge < -0.3 is 5.32 Å². The van der Waals surface area contributed by atoms with Crippen LogP contribution in [0, 0.1) is 5.82 Å². The van der Waals surface area contributed by atoms with Crippen molar-refractivity contribution in [1.29, 1.82) is 0 Å². The molecule has 0 unspecified atom stereocenters. The van der Waals surface area contributed by atoms with Crippen LogP contribution in [0.1, 0.15) is 19.4 Å². The Labute approximate surface area is 127 Å². The summed E-state index contributed by atoms with van der Waals surface area (Å²) in [5.41, 5.74) is 1.55. The number of rotatable bonds is 4. The van der Waals surface area contributed by atoms with Gasteiger partial charge in [-0.15, -0.1) is 0 Å². The lowest BCUT2D eigenvalue weighted by Gasteiger charge is -2.26. The Morgan fingerprint density at radius 2 is 1.91 bits per heavy atom. The molecule has 22 heavy (non-hydrogen) atoms. The molecule has 0 bridgehead atoms. The molecule has 0 saturated carbocycles. The summed E-state index contributed by atoms with van der Waals surface area (Å²) in [5, 5.41) is 3.24. The van der Waals surface area contributed by atoms with Gasteiger partial charge in [-0.1, -0.05) is 13.8 Å². The van der Waals surface area contributed by atoms with Crippen molar-refractivity contribution >= 4 is 17.0 Å². The summed E-state index contributed by atoms with van der Waals surface area (Å²) in [7, 11) is 0. The average molecular weight is 297 g/mol. The second-order valence-electron chi connectivity index (χ2n) is 5.69. The van der Waals surface area contributed by atoms with Crippen LogP contribution in [0.4, 0.5) is 10.2 Å². The smallest absolute Gasteiger partial charge is 0.180 e. The van der Waals surface area contributed by atoms with Crippen molar-refractivity contribution in [2.24, 2.45) is 0 Å². The van der Waals surface area contributed by atoms with E-state index in [-0.39, 0.29) is 5.82 Å². The van der Waals surface area contributed by atoms with E-state index in [4.69, 9.17) is 0 Å². The fourth-order valence-electron chi connectivity index (χ4n) is 2.28. The summed E-state index contributed by atoms with van der Waals surface area (Å²) < 4.78 is 13.9. The molecule has 5 nitrogen and oxygen atoms in total. The number of pyridine rings is 2. The maximum absolute atomic E-state index is 13.9. The summed E-state index contributed by atoms with van der Waals surface area (Å²) in [6, 6.07) is 5.41. The van der Waals surface area contributed by atoms with Crippen molar-refractivity contribution in [2.45, 2.75) is 19.3 Å². The summed E-state index contributed by atoms with van der Waals surface area (Å²) in [6.45, 7) is 4.48. The Morgan fingerprint density at radius 3 is 2.73 bits per heavy atom. The molecular formula is C16H16FN5. The lowest BCUT2D eigenvalue weighted by atomic mass is 9.85. The molecule has 3 rings (SSSR count). The molecule has 112 valence electrons. The van der Waals surface area contributed by atoms with Crippen LogP contribution < -0.4 is 5.32 Å². The first kappa shape index (κ1) is 14.3. The van der Waals surface area contributed by atoms with Crippen LogP contribution in [0.2, 0.25) is 0 Å². The molecule has 3 aromatic heterocycles. The van der Waals surface area contributed by atoms with E-state index in [1.54, 1.807) is 24.7 Å². The van der Waals surface area contributed by atoms with E-state index < -0.39 is 5.41 Å². The molecule has 3 aromatic rings. The molecule has 0 fully saturated rings. The van der Waals surface area contributed by atoms with Crippen molar-refractivity contribution < 1.29 is 4.39 Å². The first-order valence-corrected chi connectivity index (χ1v) is 6.98. The standard InChI is InChI=1S/C16H16FN5/c1-16(2,11-5-6-18-9-12(11)17)10-21-14-4-3-13-15(22-14)20-8-7-19-13/h3-9H,10H2,1-2H3,(H,20,21,22). The van der Waals surface area contributed by atoms with E-state index in [2.05, 4.69) is 25.3 Å². The zero-order valence-corrected chi connectivity index (χ0v) is 12.4. The molecule has 0 radical (unpaired) electrons. The van der Waals surface area contributed by atoms with Crippen LogP contribution in [0.5, 0.6) is 0 Å². The molecule has 6 heteroatoms. The van der Waals surface area contributed by atoms with Gasteiger partial charge in [-0.2, -0.15) is 0 Å². The van der Waals surface area contributed by atoms with Gasteiger partial charge in [-0.25, -0.2) is 14.4 Å². The highest BCUT2D eigenvalue weighted by molar-refractivity contribution is 5.71. The van der Waals surface area contributed by atoms with E-state index in [1.807, 2.05) is 26.0 Å². The molecule has 3 heterocycles. The molecule has 0 spiro atoms. The molecule has 0 aliphatic heterocycles. The van der Waals surface area contributed by atoms with Gasteiger partial charge in [0.05, 0.1) is 6.20 Å². The zero-order chi connectivity index (χ0) is 15.6. The van der Waals surface area contributed by atoms with Crippen molar-refractivity contribution in [1.82, 2.24) is 19.9 Å². The van der Waals surface area contributed by atoms with Gasteiger partial charge in [-0.05, 0) is 23.8 Å². The number of halogens is 1. The SMILES string of the molecule is CC(C)(CNc1ccc2nccnc2n1)c1ccncc1F. The van der Waals surface area contributed by atoms with Crippen LogP contribution >= 0.6 is 0 Å². The maximum atomic E-state index is 13.9. The van der Waals surface area contributed by atoms with Crippen LogP contribution in [0.25, 0.3) is 11.2 Å². The van der Waals surface area contributed by atoms with Gasteiger partial charge in [0, 0.05) is 30.6 Å². The summed E-state index contributed by atoms with van der Waals surface area (Å²) in [6.07, 6.45) is 6.08. The Kier molecular flexibility index (Phi) is 3.66. The van der Waals surface area contributed by atoms with Crippen molar-refractivity contribution in [3.63, 3.8) is 0 Å². The van der Waals surface area contributed by atoms with E-state index >= 15 is 0 Å². The molecule has 0 aliphatic carbocycles. The topological polar surface area (TPSA) is 63.6 Å². The Balaban J connectivity index is 1.79. The Hall–Kier alpha value is -2.63. The fraction of sp³-hybridized carbons (Fsp3) is 0.250. The summed E-state index contributed by atoms with van der Waals surface area (Å²) >= 11 is 0. The monoisotopic (exact) mass is 297 g/mol. The number of hydrogen-bond acceptors (Lipinski definition) is 5. The van der Waals surface area contributed by atoms with Gasteiger partial charge in [0.15, 0.2) is 5.65 Å². The van der Waals surface area contributed by atoms with Crippen molar-refractivity contribution in [3.8, 4) is 0 Å². The summed E-state index contributed by atoms with van der Waals surface area (Å²) in [5.74, 6) is 0.391. The molecule has 0 aliphatic rings. The first-order chi connectivity index (χ1) is 10.6. The van der Waals surface area contributed by atoms with Crippen LogP contribution in [-0.4, -0.2) is 26.5 Å². The van der Waals surface area contributed by atoms with E-state index in [0.29, 0.717) is 23.6 Å². The van der Waals surface area contributed by atoms with Crippen LogP contribution in [-0.2, 0) is 5.41 Å². The molecule has 0 aromatic carbocycles. The third-order valence-electron chi connectivity index (χ3n) is 3.54. The van der Waals surface area contributed by atoms with Crippen molar-refractivity contribution in [2.75, 3.05) is 11.9 Å². The van der Waals surface area contributed by atoms with E-state index in [9.17, 15) is 4.39 Å². The van der Waals surface area contributed by atoms with Gasteiger partial charge >= 0.3 is 0 Å². The van der Waals surface area contributed by atoms with Crippen LogP contribution in [0.15, 0.2) is 43.0 Å². The number of aromatic nitrogens is 4. The lowest BCUT2D eigenvalue weighted by molar-refractivity contribution is 0.501. The zero-order valence-electron chi connectivity index (χ0n) is 12.4. The van der Waals surface area contributed by atoms with Crippen LogP contribution in [0.3, 0.4) is 0 Å². The van der Waals surface area contributed by atoms with Gasteiger partial charge in [-0.3, -0.25) is 9.97 Å². The van der Waals surface area contributed by atoms with E-state index in [0.717, 1.165) is 5.52 Å². The number of anilines is 1. The maximum Gasteiger partial charge on any atom is 0.180 e. The highest BCUT2D eigenvalue weighted by Crippen LogP contribution is 2.25. The number of nitrogens with one attached hydrogen (secondary N) is 1. The quantitative estimate of drug-likeness (QED) is 0.802. The predicted molar refractivity (Wildman–Crippen MR) is 83.0 cm³/mol. The van der Waals surface area contributed by atoms with Gasteiger partial charge in [0.25, 0.3) is 0 Å². The molecule has 0 saturated heterocycles. The number of fused-ring (bicyclic) bond motifs is 1. The highest BCUT2D eigenvalue weighted by Gasteiger charge is 2.24. The minimum Gasteiger partial charge on any atom is -0.369 e. The highest BCUT2D eigenvalue weighted by atomic mass is 19.1. The second kappa shape index (κ2) is 5.63. The molecule has 1 N–H and O–H groups in total. The largest absolute Gasteiger partial charge is 0.369 e. The molecule has 0 atom stereocenters. The number of nitrogens with zero attached hydrogens (tertiary/aromatic N) is 4. The van der Waals surface area contributed by atoms with Crippen molar-refractivity contribution in [3.05, 3.63) is 54.4 Å². The minimum atomic E-state index is -0.397. The molecular weight excluding hydrogens is 281 g/mol. The Morgan fingerprint density at radius 1 is 1.09 bits per heavy atom. The van der Waals surface area contributed by atoms with E-state index in [1.165, 1.54) is 6.20 Å². The van der Waals surface area contributed by atoms with Gasteiger partial charge in [0.2, 0.25) is 0 Å².